The first-order chi connectivity index (χ1) is 8.82. The lowest BCUT2D eigenvalue weighted by molar-refractivity contribution is 0.595. The number of aryl methyl sites for hydroxylation is 2. The van der Waals surface area contributed by atoms with Crippen LogP contribution in [-0.4, -0.2) is 6.26 Å². The Morgan fingerprint density at radius 3 is 2.26 bits per heavy atom. The smallest absolute Gasteiger partial charge is 0.0182 e. The lowest BCUT2D eigenvalue weighted by atomic mass is 9.81. The Balaban J connectivity index is 2.82. The van der Waals surface area contributed by atoms with Crippen LogP contribution in [0, 0.1) is 13.8 Å². The summed E-state index contributed by atoms with van der Waals surface area (Å²) in [5.41, 5.74) is 5.86. The van der Waals surface area contributed by atoms with Crippen LogP contribution >= 0.6 is 11.8 Å². The first-order valence-electron chi connectivity index (χ1n) is 6.86. The zero-order chi connectivity index (χ0) is 14.2. The number of hydrogen-bond donors (Lipinski definition) is 0. The van der Waals surface area contributed by atoms with Crippen LogP contribution in [-0.2, 0) is 11.2 Å². The molecule has 102 valence electrons. The minimum Gasteiger partial charge on any atom is -0.161 e. The van der Waals surface area contributed by atoms with Gasteiger partial charge in [-0.25, -0.2) is 0 Å². The fraction of sp³-hybridized carbons (Fsp3) is 0.444. The Labute approximate surface area is 121 Å². The molecule has 0 aliphatic rings. The lowest BCUT2D eigenvalue weighted by Gasteiger charge is -2.24. The highest BCUT2D eigenvalue weighted by atomic mass is 32.2. The highest BCUT2D eigenvalue weighted by molar-refractivity contribution is 7.97. The maximum Gasteiger partial charge on any atom is 0.0182 e. The van der Waals surface area contributed by atoms with Crippen molar-refractivity contribution in [1.29, 1.82) is 0 Å². The van der Waals surface area contributed by atoms with Crippen LogP contribution in [0.15, 0.2) is 24.3 Å². The summed E-state index contributed by atoms with van der Waals surface area (Å²) < 4.78 is 0. The Kier molecular flexibility index (Phi) is 3.96. The molecule has 0 N–H and O–H groups in total. The molecule has 0 amide bonds. The topological polar surface area (TPSA) is 0 Å². The second-order valence-electron chi connectivity index (χ2n) is 6.51. The number of thioether (sulfide) groups is 1. The highest BCUT2D eigenvalue weighted by Crippen LogP contribution is 2.34. The summed E-state index contributed by atoms with van der Waals surface area (Å²) in [5.74, 6) is 1.09. The molecule has 0 radical (unpaired) electrons. The molecule has 0 aliphatic carbocycles. The summed E-state index contributed by atoms with van der Waals surface area (Å²) in [6.07, 6.45) is 2.17. The van der Waals surface area contributed by atoms with Gasteiger partial charge in [-0.2, -0.15) is 11.8 Å². The average molecular weight is 272 g/mol. The molecule has 0 aromatic heterocycles. The van der Waals surface area contributed by atoms with Gasteiger partial charge in [0, 0.05) is 5.75 Å². The molecule has 2 rings (SSSR count). The van der Waals surface area contributed by atoms with Gasteiger partial charge in [0.1, 0.15) is 0 Å². The van der Waals surface area contributed by atoms with Gasteiger partial charge < -0.3 is 0 Å². The molecule has 0 aliphatic heterocycles. The van der Waals surface area contributed by atoms with Crippen LogP contribution in [0.3, 0.4) is 0 Å². The van der Waals surface area contributed by atoms with Gasteiger partial charge in [-0.1, -0.05) is 50.6 Å². The summed E-state index contributed by atoms with van der Waals surface area (Å²) in [4.78, 5) is 0. The summed E-state index contributed by atoms with van der Waals surface area (Å²) in [6, 6.07) is 9.38. The Morgan fingerprint density at radius 1 is 1.00 bits per heavy atom. The van der Waals surface area contributed by atoms with E-state index in [0.29, 0.717) is 0 Å². The minimum atomic E-state index is 0.187. The fourth-order valence-corrected chi connectivity index (χ4v) is 3.32. The first-order valence-corrected chi connectivity index (χ1v) is 8.25. The van der Waals surface area contributed by atoms with E-state index < -0.39 is 0 Å². The molecule has 0 saturated heterocycles. The number of benzene rings is 2. The Bertz CT molecular complexity index is 603. The van der Waals surface area contributed by atoms with Gasteiger partial charge in [0.15, 0.2) is 0 Å². The molecule has 0 unspecified atom stereocenters. The number of rotatable bonds is 2. The summed E-state index contributed by atoms with van der Waals surface area (Å²) in [6.45, 7) is 11.3. The van der Waals surface area contributed by atoms with Gasteiger partial charge in [0.2, 0.25) is 0 Å². The fourth-order valence-electron chi connectivity index (χ4n) is 2.82. The maximum atomic E-state index is 2.40. The molecule has 0 nitrogen and oxygen atoms in total. The predicted octanol–water partition coefficient (Wildman–Crippen LogP) is 5.62. The molecule has 0 spiro atoms. The van der Waals surface area contributed by atoms with Crippen LogP contribution in [0.5, 0.6) is 0 Å². The molecule has 0 saturated carbocycles. The van der Waals surface area contributed by atoms with E-state index in [1.807, 2.05) is 11.8 Å². The molecular formula is C18H24S. The van der Waals surface area contributed by atoms with Crippen molar-refractivity contribution in [1.82, 2.24) is 0 Å². The van der Waals surface area contributed by atoms with E-state index in [0.717, 1.165) is 5.75 Å². The minimum absolute atomic E-state index is 0.187. The van der Waals surface area contributed by atoms with Crippen LogP contribution in [0.2, 0.25) is 0 Å². The van der Waals surface area contributed by atoms with Gasteiger partial charge in [0.05, 0.1) is 0 Å². The normalized spacial score (nSPS) is 12.1. The first kappa shape index (κ1) is 14.5. The van der Waals surface area contributed by atoms with E-state index in [9.17, 15) is 0 Å². The molecule has 0 heterocycles. The quantitative estimate of drug-likeness (QED) is 0.684. The van der Waals surface area contributed by atoms with Gasteiger partial charge in [0.25, 0.3) is 0 Å². The third-order valence-electron chi connectivity index (χ3n) is 3.57. The summed E-state index contributed by atoms with van der Waals surface area (Å²) in [5, 5.41) is 2.84. The van der Waals surface area contributed by atoms with E-state index in [1.165, 1.54) is 33.0 Å². The van der Waals surface area contributed by atoms with Crippen molar-refractivity contribution in [3.8, 4) is 0 Å². The standard InChI is InChI=1S/C18H24S/c1-12-7-13(2)17-15(8-12)9-14(11-19-6)10-16(17)18(3,4)5/h7-10H,11H2,1-6H3. The van der Waals surface area contributed by atoms with Crippen molar-refractivity contribution in [3.05, 3.63) is 46.5 Å². The van der Waals surface area contributed by atoms with Crippen molar-refractivity contribution >= 4 is 22.5 Å². The van der Waals surface area contributed by atoms with Crippen LogP contribution in [0.1, 0.15) is 43.0 Å². The highest BCUT2D eigenvalue weighted by Gasteiger charge is 2.19. The van der Waals surface area contributed by atoms with E-state index in [4.69, 9.17) is 0 Å². The molecule has 0 atom stereocenters. The van der Waals surface area contributed by atoms with E-state index in [-0.39, 0.29) is 5.41 Å². The molecule has 0 bridgehead atoms. The number of hydrogen-bond acceptors (Lipinski definition) is 1. The summed E-state index contributed by atoms with van der Waals surface area (Å²) in [7, 11) is 0. The van der Waals surface area contributed by atoms with Crippen LogP contribution in [0.4, 0.5) is 0 Å². The predicted molar refractivity (Wildman–Crippen MR) is 89.3 cm³/mol. The van der Waals surface area contributed by atoms with Gasteiger partial charge >= 0.3 is 0 Å². The zero-order valence-corrected chi connectivity index (χ0v) is 13.7. The zero-order valence-electron chi connectivity index (χ0n) is 12.9. The molecule has 2 aromatic rings. The molecular weight excluding hydrogens is 248 g/mol. The summed E-state index contributed by atoms with van der Waals surface area (Å²) >= 11 is 1.89. The monoisotopic (exact) mass is 272 g/mol. The van der Waals surface area contributed by atoms with E-state index >= 15 is 0 Å². The van der Waals surface area contributed by atoms with Crippen LogP contribution < -0.4 is 0 Å². The third kappa shape index (κ3) is 2.97. The van der Waals surface area contributed by atoms with Gasteiger partial charge in [-0.3, -0.25) is 0 Å². The van der Waals surface area contributed by atoms with Crippen molar-refractivity contribution in [2.45, 2.75) is 45.8 Å². The van der Waals surface area contributed by atoms with Gasteiger partial charge in [-0.05, 0) is 53.0 Å². The molecule has 0 fully saturated rings. The van der Waals surface area contributed by atoms with Crippen molar-refractivity contribution in [3.63, 3.8) is 0 Å². The SMILES string of the molecule is CSCc1cc(C(C)(C)C)c2c(C)cc(C)cc2c1. The third-order valence-corrected chi connectivity index (χ3v) is 4.19. The molecule has 19 heavy (non-hydrogen) atoms. The van der Waals surface area contributed by atoms with Gasteiger partial charge in [-0.15, -0.1) is 0 Å². The second kappa shape index (κ2) is 5.20. The Morgan fingerprint density at radius 2 is 1.68 bits per heavy atom. The van der Waals surface area contributed by atoms with Crippen LogP contribution in [0.25, 0.3) is 10.8 Å². The van der Waals surface area contributed by atoms with E-state index in [1.54, 1.807) is 0 Å². The van der Waals surface area contributed by atoms with E-state index in [2.05, 4.69) is 65.1 Å². The number of fused-ring (bicyclic) bond motifs is 1. The second-order valence-corrected chi connectivity index (χ2v) is 7.37. The Hall–Kier alpha value is -0.950. The largest absolute Gasteiger partial charge is 0.161 e. The van der Waals surface area contributed by atoms with Crippen molar-refractivity contribution < 1.29 is 0 Å². The lowest BCUT2D eigenvalue weighted by Crippen LogP contribution is -2.13. The maximum absolute atomic E-state index is 2.40. The molecule has 2 aromatic carbocycles. The molecule has 1 heteroatoms. The van der Waals surface area contributed by atoms with Crippen molar-refractivity contribution in [2.75, 3.05) is 6.26 Å². The average Bonchev–Trinajstić information content (AvgIpc) is 2.26. The van der Waals surface area contributed by atoms with Crippen molar-refractivity contribution in [2.24, 2.45) is 0 Å².